The summed E-state index contributed by atoms with van der Waals surface area (Å²) < 4.78 is 12.3. The standard InChI is InChI=1S/C52H60N2O2/c1-41-15-23-45(24-16-41)53(46-25-17-42(2)18-26-46)49-31-35-51(36-32-49)55-39-13-11-9-7-5-6-8-10-12-14-40-56-52-37-33-50(34-38-52)54(47-27-19-43(3)20-28-47)48-29-21-44(4)22-30-48/h15-38H,5-14,39-40H2,1-4H3. The van der Waals surface area contributed by atoms with Crippen molar-refractivity contribution in [3.8, 4) is 11.5 Å². The number of rotatable bonds is 21. The SMILES string of the molecule is Cc1ccc(N(c2ccc(C)cc2)c2ccc(OCCCCCCCCCCCCOc3ccc(N(c4ccc(C)cc4)c4ccc(C)cc4)cc3)cc2)cc1. The molecular formula is C52H60N2O2. The largest absolute Gasteiger partial charge is 0.494 e. The summed E-state index contributed by atoms with van der Waals surface area (Å²) in [5.41, 5.74) is 11.9. The molecule has 6 aromatic carbocycles. The molecule has 0 aliphatic rings. The third-order valence-electron chi connectivity index (χ3n) is 10.4. The molecule has 0 spiro atoms. The second-order valence-corrected chi connectivity index (χ2v) is 15.2. The molecule has 0 bridgehead atoms. The highest BCUT2D eigenvalue weighted by Crippen LogP contribution is 2.37. The highest BCUT2D eigenvalue weighted by molar-refractivity contribution is 5.78. The summed E-state index contributed by atoms with van der Waals surface area (Å²) in [6.45, 7) is 10.0. The van der Waals surface area contributed by atoms with Gasteiger partial charge in [0.15, 0.2) is 0 Å². The summed E-state index contributed by atoms with van der Waals surface area (Å²) in [6.07, 6.45) is 12.5. The zero-order valence-corrected chi connectivity index (χ0v) is 34.1. The Morgan fingerprint density at radius 2 is 0.464 bits per heavy atom. The van der Waals surface area contributed by atoms with Crippen LogP contribution in [0.15, 0.2) is 146 Å². The van der Waals surface area contributed by atoms with Gasteiger partial charge in [0.1, 0.15) is 11.5 Å². The van der Waals surface area contributed by atoms with E-state index in [0.717, 1.165) is 71.7 Å². The Balaban J connectivity index is 0.815. The maximum Gasteiger partial charge on any atom is 0.119 e. The predicted molar refractivity (Wildman–Crippen MR) is 238 cm³/mol. The Labute approximate surface area is 336 Å². The Kier molecular flexibility index (Phi) is 15.1. The fourth-order valence-electron chi connectivity index (χ4n) is 7.05. The number of hydrogen-bond acceptors (Lipinski definition) is 4. The Hall–Kier alpha value is -5.48. The number of anilines is 6. The molecule has 0 amide bonds. The van der Waals surface area contributed by atoms with Crippen LogP contribution in [0.1, 0.15) is 86.5 Å². The lowest BCUT2D eigenvalue weighted by Gasteiger charge is -2.26. The van der Waals surface area contributed by atoms with E-state index in [-0.39, 0.29) is 0 Å². The minimum absolute atomic E-state index is 0.768. The molecule has 290 valence electrons. The first-order valence-electron chi connectivity index (χ1n) is 20.8. The summed E-state index contributed by atoms with van der Waals surface area (Å²) in [5.74, 6) is 1.87. The maximum atomic E-state index is 6.13. The highest BCUT2D eigenvalue weighted by atomic mass is 16.5. The first-order valence-corrected chi connectivity index (χ1v) is 20.8. The second-order valence-electron chi connectivity index (χ2n) is 15.2. The minimum atomic E-state index is 0.768. The number of unbranched alkanes of at least 4 members (excludes halogenated alkanes) is 9. The molecule has 0 fully saturated rings. The topological polar surface area (TPSA) is 24.9 Å². The van der Waals surface area contributed by atoms with E-state index in [1.165, 1.54) is 73.6 Å². The van der Waals surface area contributed by atoms with Crippen LogP contribution in [-0.4, -0.2) is 13.2 Å². The van der Waals surface area contributed by atoms with E-state index in [9.17, 15) is 0 Å². The van der Waals surface area contributed by atoms with Gasteiger partial charge >= 0.3 is 0 Å². The van der Waals surface area contributed by atoms with Crippen molar-refractivity contribution in [1.82, 2.24) is 0 Å². The number of nitrogens with zero attached hydrogens (tertiary/aromatic N) is 2. The number of benzene rings is 6. The average molecular weight is 745 g/mol. The molecule has 0 saturated carbocycles. The molecule has 0 N–H and O–H groups in total. The molecule has 6 rings (SSSR count). The Bertz CT molecular complexity index is 1760. The molecule has 0 radical (unpaired) electrons. The minimum Gasteiger partial charge on any atom is -0.494 e. The van der Waals surface area contributed by atoms with Crippen molar-refractivity contribution in [1.29, 1.82) is 0 Å². The third-order valence-corrected chi connectivity index (χ3v) is 10.4. The van der Waals surface area contributed by atoms with Crippen LogP contribution in [0.5, 0.6) is 11.5 Å². The summed E-state index contributed by atoms with van der Waals surface area (Å²) in [7, 11) is 0. The summed E-state index contributed by atoms with van der Waals surface area (Å²) in [5, 5.41) is 0. The fraction of sp³-hybridized carbons (Fsp3) is 0.308. The van der Waals surface area contributed by atoms with E-state index < -0.39 is 0 Å². The maximum absolute atomic E-state index is 6.13. The normalized spacial score (nSPS) is 11.0. The lowest BCUT2D eigenvalue weighted by atomic mass is 10.1. The fourth-order valence-corrected chi connectivity index (χ4v) is 7.05. The van der Waals surface area contributed by atoms with Gasteiger partial charge in [-0.2, -0.15) is 0 Å². The monoisotopic (exact) mass is 744 g/mol. The van der Waals surface area contributed by atoms with Gasteiger partial charge in [-0.1, -0.05) is 122 Å². The number of aryl methyl sites for hydroxylation is 4. The lowest BCUT2D eigenvalue weighted by molar-refractivity contribution is 0.303. The lowest BCUT2D eigenvalue weighted by Crippen LogP contribution is -2.10. The van der Waals surface area contributed by atoms with E-state index >= 15 is 0 Å². The van der Waals surface area contributed by atoms with Crippen LogP contribution in [0.25, 0.3) is 0 Å². The molecule has 0 unspecified atom stereocenters. The molecular weight excluding hydrogens is 685 g/mol. The number of hydrogen-bond donors (Lipinski definition) is 0. The molecule has 0 aliphatic heterocycles. The molecule has 4 nitrogen and oxygen atoms in total. The van der Waals surface area contributed by atoms with Crippen LogP contribution in [0, 0.1) is 27.7 Å². The van der Waals surface area contributed by atoms with Crippen molar-refractivity contribution in [2.24, 2.45) is 0 Å². The van der Waals surface area contributed by atoms with Gasteiger partial charge in [0.2, 0.25) is 0 Å². The van der Waals surface area contributed by atoms with E-state index in [4.69, 9.17) is 9.47 Å². The van der Waals surface area contributed by atoms with Crippen LogP contribution >= 0.6 is 0 Å². The summed E-state index contributed by atoms with van der Waals surface area (Å²) in [6, 6.07) is 51.9. The van der Waals surface area contributed by atoms with Crippen molar-refractivity contribution >= 4 is 34.1 Å². The van der Waals surface area contributed by atoms with Gasteiger partial charge in [-0.15, -0.1) is 0 Å². The van der Waals surface area contributed by atoms with Crippen LogP contribution in [0.2, 0.25) is 0 Å². The van der Waals surface area contributed by atoms with Crippen LogP contribution < -0.4 is 19.3 Å². The molecule has 0 saturated heterocycles. The van der Waals surface area contributed by atoms with Crippen LogP contribution in [0.3, 0.4) is 0 Å². The molecule has 0 aliphatic carbocycles. The van der Waals surface area contributed by atoms with Gasteiger partial charge in [-0.3, -0.25) is 0 Å². The van der Waals surface area contributed by atoms with E-state index in [1.54, 1.807) is 0 Å². The molecule has 6 aromatic rings. The van der Waals surface area contributed by atoms with Crippen molar-refractivity contribution in [2.45, 2.75) is 91.9 Å². The molecule has 0 aromatic heterocycles. The van der Waals surface area contributed by atoms with Gasteiger partial charge in [0.25, 0.3) is 0 Å². The first-order chi connectivity index (χ1) is 27.4. The predicted octanol–water partition coefficient (Wildman–Crippen LogP) is 15.2. The van der Waals surface area contributed by atoms with E-state index in [0.29, 0.717) is 0 Å². The molecule has 4 heteroatoms. The Morgan fingerprint density at radius 1 is 0.268 bits per heavy atom. The van der Waals surface area contributed by atoms with Crippen molar-refractivity contribution in [3.63, 3.8) is 0 Å². The summed E-state index contributed by atoms with van der Waals surface area (Å²) >= 11 is 0. The zero-order valence-electron chi connectivity index (χ0n) is 34.1. The van der Waals surface area contributed by atoms with Crippen LogP contribution in [-0.2, 0) is 0 Å². The van der Waals surface area contributed by atoms with Crippen molar-refractivity contribution in [3.05, 3.63) is 168 Å². The van der Waals surface area contributed by atoms with Gasteiger partial charge < -0.3 is 19.3 Å². The number of ether oxygens (including phenoxy) is 2. The highest BCUT2D eigenvalue weighted by Gasteiger charge is 2.14. The smallest absolute Gasteiger partial charge is 0.119 e. The average Bonchev–Trinajstić information content (AvgIpc) is 3.22. The molecule has 56 heavy (non-hydrogen) atoms. The zero-order chi connectivity index (χ0) is 39.0. The summed E-state index contributed by atoms with van der Waals surface area (Å²) in [4.78, 5) is 4.59. The molecule has 0 heterocycles. The van der Waals surface area contributed by atoms with Gasteiger partial charge in [-0.25, -0.2) is 0 Å². The van der Waals surface area contributed by atoms with Gasteiger partial charge in [0, 0.05) is 34.1 Å². The first kappa shape index (κ1) is 40.2. The van der Waals surface area contributed by atoms with Crippen LogP contribution in [0.4, 0.5) is 34.1 Å². The van der Waals surface area contributed by atoms with E-state index in [1.807, 2.05) is 0 Å². The third kappa shape index (κ3) is 12.0. The molecule has 0 atom stereocenters. The van der Waals surface area contributed by atoms with Gasteiger partial charge in [-0.05, 0) is 138 Å². The second kappa shape index (κ2) is 21.0. The van der Waals surface area contributed by atoms with E-state index in [2.05, 4.69) is 183 Å². The Morgan fingerprint density at radius 3 is 0.696 bits per heavy atom. The van der Waals surface area contributed by atoms with Crippen molar-refractivity contribution in [2.75, 3.05) is 23.0 Å². The quantitative estimate of drug-likeness (QED) is 0.0685. The van der Waals surface area contributed by atoms with Crippen molar-refractivity contribution < 1.29 is 9.47 Å². The van der Waals surface area contributed by atoms with Gasteiger partial charge in [0.05, 0.1) is 13.2 Å².